The van der Waals surface area contributed by atoms with Crippen molar-refractivity contribution < 1.29 is 14.3 Å². The molecule has 0 saturated carbocycles. The lowest BCUT2D eigenvalue weighted by Gasteiger charge is -2.25. The van der Waals surface area contributed by atoms with E-state index in [0.717, 1.165) is 50.6 Å². The number of nitriles is 1. The highest BCUT2D eigenvalue weighted by molar-refractivity contribution is 5.78. The van der Waals surface area contributed by atoms with Gasteiger partial charge >= 0.3 is 0 Å². The molecule has 2 rings (SSSR count). The van der Waals surface area contributed by atoms with E-state index in [4.69, 9.17) is 5.26 Å². The number of halogens is 1. The number of carbonyl (C=O) groups is 1. The van der Waals surface area contributed by atoms with Crippen LogP contribution in [0.2, 0.25) is 0 Å². The Morgan fingerprint density at radius 3 is 2.88 bits per heavy atom. The van der Waals surface area contributed by atoms with E-state index in [0.29, 0.717) is 25.7 Å². The maximum atomic E-state index is 13.2. The number of carbonyl (C=O) groups excluding carboxylic acids is 1. The smallest absolute Gasteiger partial charge is 0.222 e. The van der Waals surface area contributed by atoms with E-state index in [1.165, 1.54) is 12.1 Å². The largest absolute Gasteiger partial charge is 0.393 e. The van der Waals surface area contributed by atoms with Crippen LogP contribution >= 0.6 is 0 Å². The molecule has 1 aliphatic rings. The summed E-state index contributed by atoms with van der Waals surface area (Å²) in [7, 11) is 0. The maximum absolute atomic E-state index is 13.2. The number of aliphatic hydroxyl groups excluding tert-OH is 1. The summed E-state index contributed by atoms with van der Waals surface area (Å²) in [5.41, 5.74) is 0.800. The molecule has 1 saturated heterocycles. The fourth-order valence-corrected chi connectivity index (χ4v) is 3.66. The van der Waals surface area contributed by atoms with E-state index in [1.807, 2.05) is 11.0 Å². The number of nitrogens with zero attached hydrogens (tertiary/aromatic N) is 2. The molecule has 0 aromatic heterocycles. The van der Waals surface area contributed by atoms with Crippen molar-refractivity contribution in [2.45, 2.75) is 76.4 Å². The summed E-state index contributed by atoms with van der Waals surface area (Å²) >= 11 is 0. The van der Waals surface area contributed by atoms with Crippen LogP contribution in [0.1, 0.15) is 63.4 Å². The van der Waals surface area contributed by atoms with Crippen LogP contribution in [0.5, 0.6) is 0 Å². The highest BCUT2D eigenvalue weighted by Crippen LogP contribution is 2.24. The molecule has 1 fully saturated rings. The van der Waals surface area contributed by atoms with Crippen LogP contribution in [0.3, 0.4) is 0 Å². The molecular weight excluding hydrogens is 331 g/mol. The van der Waals surface area contributed by atoms with Crippen molar-refractivity contribution in [3.8, 4) is 6.07 Å². The molecule has 1 N–H and O–H groups in total. The van der Waals surface area contributed by atoms with Crippen molar-refractivity contribution in [3.05, 3.63) is 35.6 Å². The van der Waals surface area contributed by atoms with Gasteiger partial charge in [0.15, 0.2) is 0 Å². The van der Waals surface area contributed by atoms with Crippen LogP contribution < -0.4 is 0 Å². The molecule has 1 aliphatic heterocycles. The molecule has 0 radical (unpaired) electrons. The van der Waals surface area contributed by atoms with Gasteiger partial charge < -0.3 is 10.0 Å². The van der Waals surface area contributed by atoms with Gasteiger partial charge in [-0.05, 0) is 56.2 Å². The molecule has 1 aromatic rings. The second-order valence-corrected chi connectivity index (χ2v) is 7.17. The third kappa shape index (κ3) is 6.76. The van der Waals surface area contributed by atoms with Gasteiger partial charge in [-0.25, -0.2) is 4.39 Å². The number of rotatable bonds is 11. The zero-order chi connectivity index (χ0) is 18.8. The van der Waals surface area contributed by atoms with Crippen LogP contribution in [0.15, 0.2) is 24.3 Å². The van der Waals surface area contributed by atoms with E-state index < -0.39 is 6.10 Å². The number of hydrogen-bond donors (Lipinski definition) is 1. The number of aliphatic hydroxyl groups is 1. The summed E-state index contributed by atoms with van der Waals surface area (Å²) < 4.78 is 13.2. The quantitative estimate of drug-likeness (QED) is 0.607. The molecule has 0 bridgehead atoms. The SMILES string of the molecule is N#CCCCCCCN1C(=O)CCC1CCC(O)Cc1cccc(F)c1. The Kier molecular flexibility index (Phi) is 8.57. The molecule has 1 aromatic carbocycles. The Morgan fingerprint density at radius 2 is 2.12 bits per heavy atom. The average molecular weight is 360 g/mol. The minimum Gasteiger partial charge on any atom is -0.393 e. The highest BCUT2D eigenvalue weighted by Gasteiger charge is 2.30. The first kappa shape index (κ1) is 20.4. The Morgan fingerprint density at radius 1 is 1.31 bits per heavy atom. The summed E-state index contributed by atoms with van der Waals surface area (Å²) in [4.78, 5) is 14.1. The number of benzene rings is 1. The number of hydrogen-bond acceptors (Lipinski definition) is 3. The summed E-state index contributed by atoms with van der Waals surface area (Å²) in [6, 6.07) is 8.71. The Bertz CT molecular complexity index is 614. The minimum absolute atomic E-state index is 0.212. The van der Waals surface area contributed by atoms with E-state index in [-0.39, 0.29) is 17.8 Å². The zero-order valence-electron chi connectivity index (χ0n) is 15.4. The van der Waals surface area contributed by atoms with Gasteiger partial charge in [0.2, 0.25) is 5.91 Å². The van der Waals surface area contributed by atoms with Crippen molar-refractivity contribution in [1.29, 1.82) is 5.26 Å². The van der Waals surface area contributed by atoms with Gasteiger partial charge in [-0.1, -0.05) is 25.0 Å². The average Bonchev–Trinajstić information content (AvgIpc) is 2.96. The highest BCUT2D eigenvalue weighted by atomic mass is 19.1. The van der Waals surface area contributed by atoms with E-state index in [1.54, 1.807) is 6.07 Å². The fourth-order valence-electron chi connectivity index (χ4n) is 3.66. The molecule has 26 heavy (non-hydrogen) atoms. The predicted molar refractivity (Wildman–Crippen MR) is 98.8 cm³/mol. The van der Waals surface area contributed by atoms with Crippen molar-refractivity contribution >= 4 is 5.91 Å². The van der Waals surface area contributed by atoms with Gasteiger partial charge in [0.05, 0.1) is 12.2 Å². The molecule has 4 nitrogen and oxygen atoms in total. The monoisotopic (exact) mass is 360 g/mol. The first-order valence-electron chi connectivity index (χ1n) is 9.69. The predicted octanol–water partition coefficient (Wildman–Crippen LogP) is 3.97. The van der Waals surface area contributed by atoms with Gasteiger partial charge in [-0.3, -0.25) is 4.79 Å². The molecule has 1 heterocycles. The van der Waals surface area contributed by atoms with Crippen molar-refractivity contribution in [2.75, 3.05) is 6.54 Å². The first-order chi connectivity index (χ1) is 12.6. The number of unbranched alkanes of at least 4 members (excludes halogenated alkanes) is 4. The van der Waals surface area contributed by atoms with Gasteiger partial charge in [-0.2, -0.15) is 5.26 Å². The molecule has 1 amide bonds. The van der Waals surface area contributed by atoms with Gasteiger partial charge in [0.1, 0.15) is 5.82 Å². The lowest BCUT2D eigenvalue weighted by molar-refractivity contribution is -0.129. The molecular formula is C21H29FN2O2. The van der Waals surface area contributed by atoms with Crippen LogP contribution in [-0.2, 0) is 11.2 Å². The second kappa shape index (κ2) is 10.9. The lowest BCUT2D eigenvalue weighted by atomic mass is 10.0. The minimum atomic E-state index is -0.514. The fraction of sp³-hybridized carbons (Fsp3) is 0.619. The van der Waals surface area contributed by atoms with Crippen molar-refractivity contribution in [2.24, 2.45) is 0 Å². The van der Waals surface area contributed by atoms with Crippen LogP contribution in [0, 0.1) is 17.1 Å². The first-order valence-corrected chi connectivity index (χ1v) is 9.69. The molecule has 5 heteroatoms. The normalized spacial score (nSPS) is 18.1. The number of likely N-dealkylation sites (tertiary alicyclic amines) is 1. The van der Waals surface area contributed by atoms with Gasteiger partial charge in [-0.15, -0.1) is 0 Å². The molecule has 2 atom stereocenters. The van der Waals surface area contributed by atoms with E-state index in [2.05, 4.69) is 6.07 Å². The van der Waals surface area contributed by atoms with Gasteiger partial charge in [0.25, 0.3) is 0 Å². The zero-order valence-corrected chi connectivity index (χ0v) is 15.4. The molecule has 0 aliphatic carbocycles. The Balaban J connectivity index is 1.71. The summed E-state index contributed by atoms with van der Waals surface area (Å²) in [6.45, 7) is 0.774. The van der Waals surface area contributed by atoms with Gasteiger partial charge in [0, 0.05) is 25.4 Å². The standard InChI is InChI=1S/C21H29FN2O2/c22-18-8-6-7-17(15-18)16-20(25)11-9-19-10-12-21(26)24(19)14-5-3-1-2-4-13-23/h6-8,15,19-20,25H,1-5,9-12,14,16H2. The summed E-state index contributed by atoms with van der Waals surface area (Å²) in [6.07, 6.45) is 7.38. The third-order valence-electron chi connectivity index (χ3n) is 5.08. The van der Waals surface area contributed by atoms with Crippen LogP contribution in [-0.4, -0.2) is 34.6 Å². The number of amides is 1. The van der Waals surface area contributed by atoms with Crippen LogP contribution in [0.25, 0.3) is 0 Å². The molecule has 2 unspecified atom stereocenters. The van der Waals surface area contributed by atoms with Crippen molar-refractivity contribution in [1.82, 2.24) is 4.90 Å². The second-order valence-electron chi connectivity index (χ2n) is 7.17. The summed E-state index contributed by atoms with van der Waals surface area (Å²) in [5, 5.41) is 18.8. The lowest BCUT2D eigenvalue weighted by Crippen LogP contribution is -2.34. The van der Waals surface area contributed by atoms with Crippen molar-refractivity contribution in [3.63, 3.8) is 0 Å². The molecule has 142 valence electrons. The van der Waals surface area contributed by atoms with E-state index >= 15 is 0 Å². The maximum Gasteiger partial charge on any atom is 0.222 e. The topological polar surface area (TPSA) is 64.3 Å². The third-order valence-corrected chi connectivity index (χ3v) is 5.08. The molecule has 0 spiro atoms. The summed E-state index contributed by atoms with van der Waals surface area (Å²) in [5.74, 6) is -0.0660. The van der Waals surface area contributed by atoms with Crippen LogP contribution in [0.4, 0.5) is 4.39 Å². The Hall–Kier alpha value is -1.93. The Labute approximate surface area is 155 Å². The van der Waals surface area contributed by atoms with E-state index in [9.17, 15) is 14.3 Å².